The summed E-state index contributed by atoms with van der Waals surface area (Å²) in [5, 5.41) is 3.01. The van der Waals surface area contributed by atoms with Crippen LogP contribution in [0.25, 0.3) is 0 Å². The zero-order valence-corrected chi connectivity index (χ0v) is 18.5. The molecule has 29 heavy (non-hydrogen) atoms. The standard InChI is InChI=1S/C22H37N5O2/c1-16(2)21-24-18(4)15-20(25-21)26-10-12-27(13-11-26)22(28)23-9-14-29-19-8-6-5-7-17(19)3/h15-17,19H,5-14H2,1-4H3,(H,23,28). The maximum absolute atomic E-state index is 12.5. The fraction of sp³-hybridized carbons (Fsp3) is 0.773. The van der Waals surface area contributed by atoms with Crippen LogP contribution in [0.15, 0.2) is 6.07 Å². The minimum absolute atomic E-state index is 0.00619. The van der Waals surface area contributed by atoms with Gasteiger partial charge in [0.15, 0.2) is 0 Å². The largest absolute Gasteiger partial charge is 0.376 e. The molecule has 2 fully saturated rings. The Morgan fingerprint density at radius 3 is 2.62 bits per heavy atom. The molecule has 162 valence electrons. The molecule has 1 aliphatic carbocycles. The summed E-state index contributed by atoms with van der Waals surface area (Å²) in [5.74, 6) is 2.79. The lowest BCUT2D eigenvalue weighted by molar-refractivity contribution is -0.00272. The van der Waals surface area contributed by atoms with Gasteiger partial charge in [0, 0.05) is 50.4 Å². The average Bonchev–Trinajstić information content (AvgIpc) is 2.72. The molecule has 0 bridgehead atoms. The van der Waals surface area contributed by atoms with E-state index in [9.17, 15) is 4.79 Å². The zero-order chi connectivity index (χ0) is 20.8. The van der Waals surface area contributed by atoms with Crippen molar-refractivity contribution in [3.63, 3.8) is 0 Å². The molecule has 2 atom stereocenters. The van der Waals surface area contributed by atoms with E-state index in [-0.39, 0.29) is 6.03 Å². The zero-order valence-electron chi connectivity index (χ0n) is 18.5. The van der Waals surface area contributed by atoms with E-state index in [0.717, 1.165) is 36.8 Å². The number of anilines is 1. The first-order valence-corrected chi connectivity index (χ1v) is 11.2. The van der Waals surface area contributed by atoms with Crippen molar-refractivity contribution in [1.82, 2.24) is 20.2 Å². The minimum atomic E-state index is 0.00619. The van der Waals surface area contributed by atoms with E-state index in [2.05, 4.69) is 36.0 Å². The first-order chi connectivity index (χ1) is 13.9. The van der Waals surface area contributed by atoms with Crippen LogP contribution in [0.3, 0.4) is 0 Å². The van der Waals surface area contributed by atoms with Crippen molar-refractivity contribution in [2.75, 3.05) is 44.2 Å². The summed E-state index contributed by atoms with van der Waals surface area (Å²) in [6.45, 7) is 12.7. The summed E-state index contributed by atoms with van der Waals surface area (Å²) in [4.78, 5) is 25.8. The van der Waals surface area contributed by atoms with Gasteiger partial charge in [-0.15, -0.1) is 0 Å². The highest BCUT2D eigenvalue weighted by Crippen LogP contribution is 2.26. The molecule has 2 heterocycles. The van der Waals surface area contributed by atoms with Gasteiger partial charge in [-0.2, -0.15) is 0 Å². The smallest absolute Gasteiger partial charge is 0.317 e. The van der Waals surface area contributed by atoms with Crippen molar-refractivity contribution in [2.45, 2.75) is 65.4 Å². The number of hydrogen-bond donors (Lipinski definition) is 1. The highest BCUT2D eigenvalue weighted by Gasteiger charge is 2.24. The lowest BCUT2D eigenvalue weighted by Gasteiger charge is -2.35. The molecule has 7 heteroatoms. The molecule has 3 rings (SSSR count). The fourth-order valence-electron chi connectivity index (χ4n) is 4.14. The van der Waals surface area contributed by atoms with Crippen LogP contribution in [0.1, 0.15) is 63.9 Å². The second kappa shape index (κ2) is 10.2. The van der Waals surface area contributed by atoms with Gasteiger partial charge >= 0.3 is 6.03 Å². The maximum atomic E-state index is 12.5. The highest BCUT2D eigenvalue weighted by molar-refractivity contribution is 5.74. The lowest BCUT2D eigenvalue weighted by Crippen LogP contribution is -2.52. The Balaban J connectivity index is 1.40. The third kappa shape index (κ3) is 6.04. The summed E-state index contributed by atoms with van der Waals surface area (Å²) < 4.78 is 5.99. The molecule has 0 aromatic carbocycles. The molecule has 1 saturated carbocycles. The molecule has 1 aromatic heterocycles. The van der Waals surface area contributed by atoms with Gasteiger partial charge in [-0.3, -0.25) is 0 Å². The van der Waals surface area contributed by atoms with Crippen LogP contribution in [0.2, 0.25) is 0 Å². The monoisotopic (exact) mass is 403 g/mol. The molecular weight excluding hydrogens is 366 g/mol. The molecule has 2 aliphatic rings. The van der Waals surface area contributed by atoms with Crippen molar-refractivity contribution >= 4 is 11.8 Å². The van der Waals surface area contributed by atoms with E-state index in [1.165, 1.54) is 19.3 Å². The lowest BCUT2D eigenvalue weighted by atomic mass is 9.88. The summed E-state index contributed by atoms with van der Waals surface area (Å²) in [7, 11) is 0. The Kier molecular flexibility index (Phi) is 7.70. The number of hydrogen-bond acceptors (Lipinski definition) is 5. The number of amides is 2. The van der Waals surface area contributed by atoms with Gasteiger partial charge in [-0.05, 0) is 25.7 Å². The number of urea groups is 1. The van der Waals surface area contributed by atoms with Crippen molar-refractivity contribution in [3.8, 4) is 0 Å². The number of aromatic nitrogens is 2. The van der Waals surface area contributed by atoms with Gasteiger partial charge in [0.1, 0.15) is 11.6 Å². The molecule has 1 aliphatic heterocycles. The predicted octanol–water partition coefficient (Wildman–Crippen LogP) is 3.34. The Hall–Kier alpha value is -1.89. The normalized spacial score (nSPS) is 22.8. The van der Waals surface area contributed by atoms with Gasteiger partial charge in [-0.25, -0.2) is 14.8 Å². The summed E-state index contributed by atoms with van der Waals surface area (Å²) in [5.41, 5.74) is 0.992. The van der Waals surface area contributed by atoms with Gasteiger partial charge < -0.3 is 19.9 Å². The first kappa shape index (κ1) is 21.8. The molecule has 1 saturated heterocycles. The van der Waals surface area contributed by atoms with Crippen molar-refractivity contribution in [1.29, 1.82) is 0 Å². The van der Waals surface area contributed by atoms with Crippen LogP contribution in [-0.4, -0.2) is 66.3 Å². The average molecular weight is 404 g/mol. The van der Waals surface area contributed by atoms with Gasteiger partial charge in [0.05, 0.1) is 12.7 Å². The number of piperazine rings is 1. The second-order valence-corrected chi connectivity index (χ2v) is 8.76. The number of nitrogens with one attached hydrogen (secondary N) is 1. The van der Waals surface area contributed by atoms with Crippen LogP contribution >= 0.6 is 0 Å². The number of carbonyl (C=O) groups is 1. The molecule has 1 aromatic rings. The van der Waals surface area contributed by atoms with Crippen LogP contribution < -0.4 is 10.2 Å². The highest BCUT2D eigenvalue weighted by atomic mass is 16.5. The van der Waals surface area contributed by atoms with Crippen molar-refractivity contribution < 1.29 is 9.53 Å². The Labute approximate surface area is 175 Å². The molecule has 7 nitrogen and oxygen atoms in total. The topological polar surface area (TPSA) is 70.6 Å². The number of carbonyl (C=O) groups excluding carboxylic acids is 1. The van der Waals surface area contributed by atoms with Crippen LogP contribution in [0, 0.1) is 12.8 Å². The Morgan fingerprint density at radius 2 is 1.93 bits per heavy atom. The van der Waals surface area contributed by atoms with Gasteiger partial charge in [0.25, 0.3) is 0 Å². The summed E-state index contributed by atoms with van der Waals surface area (Å²) >= 11 is 0. The van der Waals surface area contributed by atoms with Gasteiger partial charge in [0.2, 0.25) is 0 Å². The molecule has 1 N–H and O–H groups in total. The predicted molar refractivity (Wildman–Crippen MR) is 115 cm³/mol. The first-order valence-electron chi connectivity index (χ1n) is 11.2. The molecule has 2 amide bonds. The minimum Gasteiger partial charge on any atom is -0.376 e. The number of nitrogens with zero attached hydrogens (tertiary/aromatic N) is 4. The summed E-state index contributed by atoms with van der Waals surface area (Å²) in [6, 6.07) is 2.04. The van der Waals surface area contributed by atoms with Crippen molar-refractivity contribution in [3.05, 3.63) is 17.6 Å². The Morgan fingerprint density at radius 1 is 1.21 bits per heavy atom. The van der Waals surface area contributed by atoms with E-state index in [1.807, 2.05) is 17.9 Å². The van der Waals surface area contributed by atoms with Crippen LogP contribution in [-0.2, 0) is 4.74 Å². The molecule has 2 unspecified atom stereocenters. The Bertz CT molecular complexity index is 673. The van der Waals surface area contributed by atoms with E-state index < -0.39 is 0 Å². The molecular formula is C22H37N5O2. The second-order valence-electron chi connectivity index (χ2n) is 8.76. The SMILES string of the molecule is Cc1cc(N2CCN(C(=O)NCCOC3CCCCC3C)CC2)nc(C(C)C)n1. The maximum Gasteiger partial charge on any atom is 0.317 e. The summed E-state index contributed by atoms with van der Waals surface area (Å²) in [6.07, 6.45) is 5.34. The fourth-order valence-corrected chi connectivity index (χ4v) is 4.14. The van der Waals surface area contributed by atoms with E-state index in [4.69, 9.17) is 9.72 Å². The van der Waals surface area contributed by atoms with E-state index in [1.54, 1.807) is 0 Å². The number of aryl methyl sites for hydroxylation is 1. The third-order valence-electron chi connectivity index (χ3n) is 6.01. The van der Waals surface area contributed by atoms with Crippen LogP contribution in [0.5, 0.6) is 0 Å². The number of rotatable bonds is 6. The third-order valence-corrected chi connectivity index (χ3v) is 6.01. The van der Waals surface area contributed by atoms with E-state index in [0.29, 0.717) is 44.2 Å². The van der Waals surface area contributed by atoms with Crippen molar-refractivity contribution in [2.24, 2.45) is 5.92 Å². The molecule has 0 radical (unpaired) electrons. The van der Waals surface area contributed by atoms with E-state index >= 15 is 0 Å². The number of ether oxygens (including phenoxy) is 1. The van der Waals surface area contributed by atoms with Gasteiger partial charge in [-0.1, -0.05) is 33.6 Å². The molecule has 0 spiro atoms. The quantitative estimate of drug-likeness (QED) is 0.738. The van der Waals surface area contributed by atoms with Crippen LogP contribution in [0.4, 0.5) is 10.6 Å².